The second-order valence-electron chi connectivity index (χ2n) is 4.23. The summed E-state index contributed by atoms with van der Waals surface area (Å²) < 4.78 is 0. The summed E-state index contributed by atoms with van der Waals surface area (Å²) in [7, 11) is 1.92. The molecule has 1 unspecified atom stereocenters. The van der Waals surface area contributed by atoms with Gasteiger partial charge in [0.25, 0.3) is 0 Å². The third kappa shape index (κ3) is 4.25. The van der Waals surface area contributed by atoms with E-state index in [1.807, 2.05) is 24.9 Å². The minimum absolute atomic E-state index is 0.0253. The van der Waals surface area contributed by atoms with Gasteiger partial charge in [0, 0.05) is 13.1 Å². The van der Waals surface area contributed by atoms with Crippen molar-refractivity contribution < 1.29 is 9.90 Å². The maximum atomic E-state index is 10.8. The molecule has 0 aliphatic heterocycles. The SMILES string of the molecule is CC(C#N)CN(C)Cc1cccc(C(=O)O)c1. The van der Waals surface area contributed by atoms with Gasteiger partial charge in [-0.3, -0.25) is 0 Å². The normalized spacial score (nSPS) is 12.1. The summed E-state index contributed by atoms with van der Waals surface area (Å²) in [5.74, 6) is -0.942. The predicted octanol–water partition coefficient (Wildman–Crippen LogP) is 1.98. The van der Waals surface area contributed by atoms with E-state index in [4.69, 9.17) is 10.4 Å². The van der Waals surface area contributed by atoms with E-state index in [2.05, 4.69) is 6.07 Å². The van der Waals surface area contributed by atoms with E-state index in [9.17, 15) is 4.79 Å². The lowest BCUT2D eigenvalue weighted by molar-refractivity contribution is 0.0696. The number of rotatable bonds is 5. The average Bonchev–Trinajstić information content (AvgIpc) is 2.28. The number of nitrogens with zero attached hydrogens (tertiary/aromatic N) is 2. The minimum Gasteiger partial charge on any atom is -0.478 e. The lowest BCUT2D eigenvalue weighted by Gasteiger charge is -2.17. The van der Waals surface area contributed by atoms with Gasteiger partial charge in [0.1, 0.15) is 0 Å². The molecule has 0 aliphatic rings. The van der Waals surface area contributed by atoms with Gasteiger partial charge in [-0.15, -0.1) is 0 Å². The van der Waals surface area contributed by atoms with Gasteiger partial charge in [-0.25, -0.2) is 4.79 Å². The number of carbonyl (C=O) groups is 1. The van der Waals surface area contributed by atoms with Gasteiger partial charge in [0.2, 0.25) is 0 Å². The van der Waals surface area contributed by atoms with Crippen LogP contribution in [-0.2, 0) is 6.54 Å². The molecule has 0 radical (unpaired) electrons. The molecule has 17 heavy (non-hydrogen) atoms. The summed E-state index contributed by atoms with van der Waals surface area (Å²) in [6.07, 6.45) is 0. The highest BCUT2D eigenvalue weighted by Gasteiger charge is 2.07. The molecule has 0 saturated heterocycles. The van der Waals surface area contributed by atoms with Crippen LogP contribution in [0.25, 0.3) is 0 Å². The molecule has 0 amide bonds. The third-order valence-corrected chi connectivity index (χ3v) is 2.43. The molecule has 0 aromatic heterocycles. The van der Waals surface area contributed by atoms with E-state index in [1.54, 1.807) is 18.2 Å². The van der Waals surface area contributed by atoms with Gasteiger partial charge in [0.05, 0.1) is 17.6 Å². The molecule has 1 atom stereocenters. The maximum absolute atomic E-state index is 10.8. The van der Waals surface area contributed by atoms with Crippen LogP contribution in [0.2, 0.25) is 0 Å². The van der Waals surface area contributed by atoms with Crippen molar-refractivity contribution in [2.75, 3.05) is 13.6 Å². The van der Waals surface area contributed by atoms with Gasteiger partial charge in [-0.1, -0.05) is 12.1 Å². The molecule has 4 heteroatoms. The lowest BCUT2D eigenvalue weighted by Crippen LogP contribution is -2.23. The van der Waals surface area contributed by atoms with Crippen LogP contribution < -0.4 is 0 Å². The number of carboxylic acid groups (broad SMARTS) is 1. The summed E-state index contributed by atoms with van der Waals surface area (Å²) in [6, 6.07) is 9.04. The van der Waals surface area contributed by atoms with Crippen molar-refractivity contribution in [1.82, 2.24) is 4.90 Å². The zero-order chi connectivity index (χ0) is 12.8. The lowest BCUT2D eigenvalue weighted by atomic mass is 10.1. The Bertz CT molecular complexity index is 437. The van der Waals surface area contributed by atoms with Crippen molar-refractivity contribution >= 4 is 5.97 Å². The number of nitriles is 1. The van der Waals surface area contributed by atoms with Gasteiger partial charge in [-0.05, 0) is 31.7 Å². The zero-order valence-electron chi connectivity index (χ0n) is 10.1. The monoisotopic (exact) mass is 232 g/mol. The number of aromatic carboxylic acids is 1. The molecule has 1 aromatic rings. The van der Waals surface area contributed by atoms with Gasteiger partial charge < -0.3 is 10.0 Å². The molecule has 1 rings (SSSR count). The Morgan fingerprint density at radius 2 is 2.29 bits per heavy atom. The fourth-order valence-electron chi connectivity index (χ4n) is 1.69. The summed E-state index contributed by atoms with van der Waals surface area (Å²) in [5.41, 5.74) is 1.24. The van der Waals surface area contributed by atoms with E-state index in [0.717, 1.165) is 5.56 Å². The second kappa shape index (κ2) is 6.02. The first-order chi connectivity index (χ1) is 8.02. The average molecular weight is 232 g/mol. The molecule has 0 saturated carbocycles. The fraction of sp³-hybridized carbons (Fsp3) is 0.385. The Kier molecular flexibility index (Phi) is 4.68. The smallest absolute Gasteiger partial charge is 0.335 e. The van der Waals surface area contributed by atoms with Crippen molar-refractivity contribution in [2.24, 2.45) is 5.92 Å². The summed E-state index contributed by atoms with van der Waals surface area (Å²) >= 11 is 0. The minimum atomic E-state index is -0.917. The number of hydrogen-bond acceptors (Lipinski definition) is 3. The van der Waals surface area contributed by atoms with E-state index >= 15 is 0 Å². The fourth-order valence-corrected chi connectivity index (χ4v) is 1.69. The van der Waals surface area contributed by atoms with Crippen molar-refractivity contribution in [3.05, 3.63) is 35.4 Å². The number of benzene rings is 1. The largest absolute Gasteiger partial charge is 0.478 e. The Labute approximate surface area is 101 Å². The van der Waals surface area contributed by atoms with Gasteiger partial charge in [-0.2, -0.15) is 5.26 Å². The molecular weight excluding hydrogens is 216 g/mol. The highest BCUT2D eigenvalue weighted by molar-refractivity contribution is 5.87. The Balaban J connectivity index is 2.65. The molecule has 90 valence electrons. The second-order valence-corrected chi connectivity index (χ2v) is 4.23. The standard InChI is InChI=1S/C13H16N2O2/c1-10(7-14)8-15(2)9-11-4-3-5-12(6-11)13(16)17/h3-6,10H,8-9H2,1-2H3,(H,16,17). The summed E-state index contributed by atoms with van der Waals surface area (Å²) in [6.45, 7) is 3.19. The highest BCUT2D eigenvalue weighted by Crippen LogP contribution is 2.08. The Morgan fingerprint density at radius 1 is 1.59 bits per heavy atom. The molecule has 0 aliphatic carbocycles. The summed E-state index contributed by atoms with van der Waals surface area (Å²) in [5, 5.41) is 17.6. The third-order valence-electron chi connectivity index (χ3n) is 2.43. The van der Waals surface area contributed by atoms with Crippen molar-refractivity contribution in [2.45, 2.75) is 13.5 Å². The van der Waals surface area contributed by atoms with Crippen LogP contribution in [0.15, 0.2) is 24.3 Å². The number of carboxylic acids is 1. The molecule has 0 spiro atoms. The molecule has 4 nitrogen and oxygen atoms in total. The first kappa shape index (κ1) is 13.2. The predicted molar refractivity (Wildman–Crippen MR) is 64.5 cm³/mol. The molecule has 0 fully saturated rings. The summed E-state index contributed by atoms with van der Waals surface area (Å²) in [4.78, 5) is 12.8. The van der Waals surface area contributed by atoms with Crippen molar-refractivity contribution in [3.8, 4) is 6.07 Å². The van der Waals surface area contributed by atoms with Crippen LogP contribution in [0.5, 0.6) is 0 Å². The van der Waals surface area contributed by atoms with Crippen molar-refractivity contribution in [3.63, 3.8) is 0 Å². The molecule has 1 aromatic carbocycles. The van der Waals surface area contributed by atoms with Crippen LogP contribution >= 0.6 is 0 Å². The topological polar surface area (TPSA) is 64.3 Å². The van der Waals surface area contributed by atoms with Crippen LogP contribution in [0.1, 0.15) is 22.8 Å². The highest BCUT2D eigenvalue weighted by atomic mass is 16.4. The Morgan fingerprint density at radius 3 is 2.88 bits per heavy atom. The van der Waals surface area contributed by atoms with Crippen molar-refractivity contribution in [1.29, 1.82) is 5.26 Å². The van der Waals surface area contributed by atoms with E-state index in [1.165, 1.54) is 0 Å². The maximum Gasteiger partial charge on any atom is 0.335 e. The van der Waals surface area contributed by atoms with Crippen LogP contribution in [0, 0.1) is 17.2 Å². The van der Waals surface area contributed by atoms with Gasteiger partial charge >= 0.3 is 5.97 Å². The first-order valence-electron chi connectivity index (χ1n) is 5.43. The van der Waals surface area contributed by atoms with Crippen LogP contribution in [-0.4, -0.2) is 29.6 Å². The van der Waals surface area contributed by atoms with Crippen LogP contribution in [0.3, 0.4) is 0 Å². The number of hydrogen-bond donors (Lipinski definition) is 1. The van der Waals surface area contributed by atoms with Gasteiger partial charge in [0.15, 0.2) is 0 Å². The molecule has 0 bridgehead atoms. The molecule has 1 N–H and O–H groups in total. The van der Waals surface area contributed by atoms with E-state index in [-0.39, 0.29) is 5.92 Å². The van der Waals surface area contributed by atoms with E-state index in [0.29, 0.717) is 18.7 Å². The Hall–Kier alpha value is -1.86. The first-order valence-corrected chi connectivity index (χ1v) is 5.43. The molecule has 0 heterocycles. The zero-order valence-corrected chi connectivity index (χ0v) is 10.1. The quantitative estimate of drug-likeness (QED) is 0.843. The van der Waals surface area contributed by atoms with Crippen LogP contribution in [0.4, 0.5) is 0 Å². The molecular formula is C13H16N2O2. The van der Waals surface area contributed by atoms with E-state index < -0.39 is 5.97 Å².